The maximum atomic E-state index is 6.23. The molecule has 0 bridgehead atoms. The number of aromatic nitrogens is 2. The molecule has 0 saturated heterocycles. The average molecular weight is 232 g/mol. The van der Waals surface area contributed by atoms with E-state index in [-0.39, 0.29) is 5.38 Å². The summed E-state index contributed by atoms with van der Waals surface area (Å²) in [7, 11) is 0. The van der Waals surface area contributed by atoms with Gasteiger partial charge in [-0.2, -0.15) is 8.75 Å². The number of alkyl halides is 1. The zero-order chi connectivity index (χ0) is 9.80. The normalized spacial score (nSPS) is 27.8. The Morgan fingerprint density at radius 3 is 3.07 bits per heavy atom. The van der Waals surface area contributed by atoms with Crippen LogP contribution in [0.15, 0.2) is 6.20 Å². The van der Waals surface area contributed by atoms with Gasteiger partial charge in [0, 0.05) is 18.0 Å². The molecule has 0 radical (unpaired) electrons. The smallest absolute Gasteiger partial charge is 0.0880 e. The summed E-state index contributed by atoms with van der Waals surface area (Å²) < 4.78 is 8.11. The lowest BCUT2D eigenvalue weighted by molar-refractivity contribution is 0.377. The van der Waals surface area contributed by atoms with Crippen molar-refractivity contribution in [3.8, 4) is 0 Å². The molecule has 2 unspecified atom stereocenters. The molecule has 1 fully saturated rings. The van der Waals surface area contributed by atoms with Crippen molar-refractivity contribution < 1.29 is 0 Å². The molecule has 78 valence electrons. The Kier molecular flexibility index (Phi) is 3.73. The molecular weight excluding hydrogens is 218 g/mol. The third kappa shape index (κ3) is 2.65. The second-order valence-electron chi connectivity index (χ2n) is 3.69. The number of rotatable bonds is 3. The molecule has 2 rings (SSSR count). The van der Waals surface area contributed by atoms with Crippen LogP contribution in [0.25, 0.3) is 0 Å². The highest BCUT2D eigenvalue weighted by molar-refractivity contribution is 6.99. The Bertz CT molecular complexity index is 265. The molecule has 0 spiro atoms. The Morgan fingerprint density at radius 2 is 2.36 bits per heavy atom. The van der Waals surface area contributed by atoms with Crippen molar-refractivity contribution in [1.29, 1.82) is 0 Å². The molecule has 1 aromatic heterocycles. The Balaban J connectivity index is 1.79. The summed E-state index contributed by atoms with van der Waals surface area (Å²) in [5, 5.41) is 3.73. The largest absolute Gasteiger partial charge is 0.307 e. The summed E-state index contributed by atoms with van der Waals surface area (Å²) in [5.74, 6) is 0. The van der Waals surface area contributed by atoms with Crippen molar-refractivity contribution >= 4 is 23.3 Å². The summed E-state index contributed by atoms with van der Waals surface area (Å²) in [6.45, 7) is 0.796. The molecule has 1 aliphatic rings. The van der Waals surface area contributed by atoms with Gasteiger partial charge >= 0.3 is 0 Å². The van der Waals surface area contributed by atoms with Crippen molar-refractivity contribution in [2.45, 2.75) is 43.6 Å². The highest BCUT2D eigenvalue weighted by Crippen LogP contribution is 2.23. The Labute approximate surface area is 93.2 Å². The lowest BCUT2D eigenvalue weighted by Crippen LogP contribution is -2.38. The van der Waals surface area contributed by atoms with Gasteiger partial charge in [0.25, 0.3) is 0 Å². The van der Waals surface area contributed by atoms with Gasteiger partial charge in [-0.3, -0.25) is 0 Å². The van der Waals surface area contributed by atoms with E-state index in [0.717, 1.165) is 18.7 Å². The van der Waals surface area contributed by atoms with Crippen LogP contribution in [0.5, 0.6) is 0 Å². The molecule has 0 amide bonds. The predicted octanol–water partition coefficient (Wildman–Crippen LogP) is 2.18. The Hall–Kier alpha value is -0.190. The summed E-state index contributed by atoms with van der Waals surface area (Å²) in [6, 6.07) is 0.451. The van der Waals surface area contributed by atoms with E-state index >= 15 is 0 Å². The first-order valence-corrected chi connectivity index (χ1v) is 6.17. The van der Waals surface area contributed by atoms with Crippen molar-refractivity contribution in [1.82, 2.24) is 14.1 Å². The predicted molar refractivity (Wildman–Crippen MR) is 58.6 cm³/mol. The zero-order valence-corrected chi connectivity index (χ0v) is 9.52. The molecule has 2 atom stereocenters. The quantitative estimate of drug-likeness (QED) is 0.811. The van der Waals surface area contributed by atoms with E-state index in [1.54, 1.807) is 0 Å². The van der Waals surface area contributed by atoms with Gasteiger partial charge in [-0.1, -0.05) is 12.8 Å². The van der Waals surface area contributed by atoms with Crippen LogP contribution in [-0.4, -0.2) is 20.2 Å². The number of hydrogen-bond donors (Lipinski definition) is 1. The highest BCUT2D eigenvalue weighted by atomic mass is 35.5. The molecule has 1 aliphatic carbocycles. The van der Waals surface area contributed by atoms with Crippen LogP contribution in [0.2, 0.25) is 0 Å². The van der Waals surface area contributed by atoms with Crippen molar-refractivity contribution in [3.05, 3.63) is 11.9 Å². The van der Waals surface area contributed by atoms with Gasteiger partial charge in [0.2, 0.25) is 0 Å². The van der Waals surface area contributed by atoms with Crippen LogP contribution in [0.4, 0.5) is 0 Å². The molecule has 1 N–H and O–H groups in total. The van der Waals surface area contributed by atoms with Crippen LogP contribution in [0.3, 0.4) is 0 Å². The molecule has 3 nitrogen and oxygen atoms in total. The van der Waals surface area contributed by atoms with E-state index in [4.69, 9.17) is 11.6 Å². The van der Waals surface area contributed by atoms with Gasteiger partial charge in [-0.05, 0) is 12.8 Å². The lowest BCUT2D eigenvalue weighted by atomic mass is 9.95. The lowest BCUT2D eigenvalue weighted by Gasteiger charge is -2.27. The van der Waals surface area contributed by atoms with Crippen LogP contribution in [-0.2, 0) is 6.54 Å². The molecular formula is C9H14ClN3S. The molecule has 1 saturated carbocycles. The molecule has 5 heteroatoms. The first kappa shape index (κ1) is 10.3. The number of nitrogens with zero attached hydrogens (tertiary/aromatic N) is 2. The highest BCUT2D eigenvalue weighted by Gasteiger charge is 2.22. The van der Waals surface area contributed by atoms with Gasteiger partial charge in [-0.25, -0.2) is 0 Å². The number of halogens is 1. The number of nitrogens with one attached hydrogen (secondary N) is 1. The van der Waals surface area contributed by atoms with Crippen LogP contribution >= 0.6 is 23.3 Å². The van der Waals surface area contributed by atoms with Crippen molar-refractivity contribution in [2.75, 3.05) is 0 Å². The fourth-order valence-corrected chi connectivity index (χ4v) is 2.62. The molecule has 1 heterocycles. The van der Waals surface area contributed by atoms with Gasteiger partial charge in [0.05, 0.1) is 23.6 Å². The fraction of sp³-hybridized carbons (Fsp3) is 0.778. The zero-order valence-electron chi connectivity index (χ0n) is 7.95. The molecule has 1 aromatic rings. The minimum absolute atomic E-state index is 0.287. The first-order valence-electron chi connectivity index (χ1n) is 5.00. The van der Waals surface area contributed by atoms with E-state index < -0.39 is 0 Å². The standard InChI is InChI=1S/C9H14ClN3S/c10-8-3-1-2-4-9(8)11-5-7-6-12-14-13-7/h6,8-9,11H,1-5H2. The molecule has 14 heavy (non-hydrogen) atoms. The van der Waals surface area contributed by atoms with E-state index in [2.05, 4.69) is 14.1 Å². The average Bonchev–Trinajstić information content (AvgIpc) is 2.69. The van der Waals surface area contributed by atoms with E-state index in [1.165, 1.54) is 31.0 Å². The molecule has 0 aliphatic heterocycles. The minimum Gasteiger partial charge on any atom is -0.307 e. The monoisotopic (exact) mass is 231 g/mol. The summed E-state index contributed by atoms with van der Waals surface area (Å²) in [6.07, 6.45) is 6.69. The maximum Gasteiger partial charge on any atom is 0.0880 e. The maximum absolute atomic E-state index is 6.23. The van der Waals surface area contributed by atoms with Gasteiger partial charge < -0.3 is 5.32 Å². The summed E-state index contributed by atoms with van der Waals surface area (Å²) >= 11 is 7.48. The second kappa shape index (κ2) is 5.05. The fourth-order valence-electron chi connectivity index (χ4n) is 1.81. The van der Waals surface area contributed by atoms with Gasteiger partial charge in [-0.15, -0.1) is 11.6 Å². The third-order valence-electron chi connectivity index (χ3n) is 2.63. The Morgan fingerprint density at radius 1 is 1.50 bits per heavy atom. The first-order chi connectivity index (χ1) is 6.86. The SMILES string of the molecule is ClC1CCCCC1NCc1cnsn1. The summed E-state index contributed by atoms with van der Waals surface area (Å²) in [4.78, 5) is 0. The van der Waals surface area contributed by atoms with Crippen LogP contribution < -0.4 is 5.32 Å². The number of hydrogen-bond acceptors (Lipinski definition) is 4. The van der Waals surface area contributed by atoms with E-state index in [9.17, 15) is 0 Å². The van der Waals surface area contributed by atoms with Crippen LogP contribution in [0, 0.1) is 0 Å². The summed E-state index contributed by atoms with van der Waals surface area (Å²) in [5.41, 5.74) is 1.02. The van der Waals surface area contributed by atoms with Crippen molar-refractivity contribution in [2.24, 2.45) is 0 Å². The van der Waals surface area contributed by atoms with E-state index in [0.29, 0.717) is 6.04 Å². The van der Waals surface area contributed by atoms with Crippen molar-refractivity contribution in [3.63, 3.8) is 0 Å². The van der Waals surface area contributed by atoms with Crippen LogP contribution in [0.1, 0.15) is 31.4 Å². The topological polar surface area (TPSA) is 37.8 Å². The van der Waals surface area contributed by atoms with Gasteiger partial charge in [0.15, 0.2) is 0 Å². The third-order valence-corrected chi connectivity index (χ3v) is 3.67. The van der Waals surface area contributed by atoms with E-state index in [1.807, 2.05) is 6.20 Å². The molecule has 0 aromatic carbocycles. The van der Waals surface area contributed by atoms with Gasteiger partial charge in [0.1, 0.15) is 0 Å². The second-order valence-corrected chi connectivity index (χ2v) is 4.80. The minimum atomic E-state index is 0.287.